The molecule has 2 aliphatic rings. The number of likely N-dealkylation sites (tertiary alicyclic amines) is 2. The number of nitrogens with zero attached hydrogens (tertiary/aromatic N) is 2. The normalized spacial score (nSPS) is 24.4. The second-order valence-corrected chi connectivity index (χ2v) is 7.07. The molecular formula is C19H28N2O. The molecule has 1 aromatic rings. The molecule has 0 unspecified atom stereocenters. The van der Waals surface area contributed by atoms with E-state index in [1.54, 1.807) is 0 Å². The van der Waals surface area contributed by atoms with Gasteiger partial charge in [0.2, 0.25) is 5.91 Å². The summed E-state index contributed by atoms with van der Waals surface area (Å²) in [5.41, 5.74) is 1.37. The Bertz CT molecular complexity index is 479. The van der Waals surface area contributed by atoms with Gasteiger partial charge in [-0.15, -0.1) is 0 Å². The van der Waals surface area contributed by atoms with Gasteiger partial charge in [-0.25, -0.2) is 0 Å². The molecule has 0 aromatic heterocycles. The van der Waals surface area contributed by atoms with E-state index in [4.69, 9.17) is 0 Å². The van der Waals surface area contributed by atoms with Crippen molar-refractivity contribution in [1.82, 2.24) is 9.80 Å². The second-order valence-electron chi connectivity index (χ2n) is 7.07. The van der Waals surface area contributed by atoms with Crippen LogP contribution in [-0.2, 0) is 11.3 Å². The average Bonchev–Trinajstić information content (AvgIpc) is 2.56. The van der Waals surface area contributed by atoms with Crippen molar-refractivity contribution in [2.24, 2.45) is 11.8 Å². The van der Waals surface area contributed by atoms with Crippen molar-refractivity contribution in [3.05, 3.63) is 35.9 Å². The summed E-state index contributed by atoms with van der Waals surface area (Å²) in [6, 6.07) is 10.6. The summed E-state index contributed by atoms with van der Waals surface area (Å²) in [6.45, 7) is 7.34. The van der Waals surface area contributed by atoms with Crippen LogP contribution < -0.4 is 0 Å². The lowest BCUT2D eigenvalue weighted by Gasteiger charge is -2.37. The van der Waals surface area contributed by atoms with E-state index in [0.29, 0.717) is 11.8 Å². The van der Waals surface area contributed by atoms with Crippen molar-refractivity contribution in [3.8, 4) is 0 Å². The summed E-state index contributed by atoms with van der Waals surface area (Å²) in [5.74, 6) is 1.36. The summed E-state index contributed by atoms with van der Waals surface area (Å²) in [7, 11) is 0. The molecule has 3 nitrogen and oxygen atoms in total. The van der Waals surface area contributed by atoms with Gasteiger partial charge < -0.3 is 4.90 Å². The zero-order chi connectivity index (χ0) is 15.4. The molecule has 3 heteroatoms. The Morgan fingerprint density at radius 2 is 1.82 bits per heavy atom. The van der Waals surface area contributed by atoms with Crippen LogP contribution in [0.3, 0.4) is 0 Å². The number of rotatable bonds is 3. The quantitative estimate of drug-likeness (QED) is 0.856. The first-order valence-corrected chi connectivity index (χ1v) is 8.77. The first-order valence-electron chi connectivity index (χ1n) is 8.77. The summed E-state index contributed by atoms with van der Waals surface area (Å²) >= 11 is 0. The van der Waals surface area contributed by atoms with Crippen LogP contribution in [0.4, 0.5) is 0 Å². The van der Waals surface area contributed by atoms with E-state index in [-0.39, 0.29) is 5.92 Å². The molecule has 2 aliphatic heterocycles. The summed E-state index contributed by atoms with van der Waals surface area (Å²) in [5, 5.41) is 0. The van der Waals surface area contributed by atoms with Crippen LogP contribution in [0.1, 0.15) is 38.2 Å². The molecule has 1 atom stereocenters. The largest absolute Gasteiger partial charge is 0.342 e. The predicted molar refractivity (Wildman–Crippen MR) is 89.4 cm³/mol. The van der Waals surface area contributed by atoms with Gasteiger partial charge >= 0.3 is 0 Å². The van der Waals surface area contributed by atoms with Gasteiger partial charge in [0.15, 0.2) is 0 Å². The summed E-state index contributed by atoms with van der Waals surface area (Å²) < 4.78 is 0. The maximum absolute atomic E-state index is 12.7. The highest BCUT2D eigenvalue weighted by Crippen LogP contribution is 2.24. The molecule has 0 bridgehead atoms. The summed E-state index contributed by atoms with van der Waals surface area (Å²) in [4.78, 5) is 17.3. The molecule has 2 saturated heterocycles. The van der Waals surface area contributed by atoms with Crippen molar-refractivity contribution < 1.29 is 4.79 Å². The number of hydrogen-bond acceptors (Lipinski definition) is 2. The molecule has 120 valence electrons. The van der Waals surface area contributed by atoms with Crippen LogP contribution >= 0.6 is 0 Å². The Morgan fingerprint density at radius 3 is 2.50 bits per heavy atom. The average molecular weight is 300 g/mol. The molecule has 0 radical (unpaired) electrons. The highest BCUT2D eigenvalue weighted by molar-refractivity contribution is 5.79. The highest BCUT2D eigenvalue weighted by atomic mass is 16.2. The smallest absolute Gasteiger partial charge is 0.225 e. The van der Waals surface area contributed by atoms with E-state index in [1.165, 1.54) is 18.4 Å². The first-order chi connectivity index (χ1) is 10.7. The highest BCUT2D eigenvalue weighted by Gasteiger charge is 2.30. The standard InChI is InChI=1S/C19H28N2O/c1-16-6-5-11-21(14-16)19(22)18-9-12-20(13-10-18)15-17-7-3-2-4-8-17/h2-4,7-8,16,18H,5-6,9-15H2,1H3/t16-/m0/s1. The molecular weight excluding hydrogens is 272 g/mol. The zero-order valence-corrected chi connectivity index (χ0v) is 13.7. The third-order valence-corrected chi connectivity index (χ3v) is 5.15. The zero-order valence-electron chi connectivity index (χ0n) is 13.7. The molecule has 3 rings (SSSR count). The minimum Gasteiger partial charge on any atom is -0.342 e. The van der Waals surface area contributed by atoms with Crippen LogP contribution in [0, 0.1) is 11.8 Å². The van der Waals surface area contributed by atoms with E-state index in [9.17, 15) is 4.79 Å². The predicted octanol–water partition coefficient (Wildman–Crippen LogP) is 3.16. The monoisotopic (exact) mass is 300 g/mol. The summed E-state index contributed by atoms with van der Waals surface area (Å²) in [6.07, 6.45) is 4.51. The fraction of sp³-hybridized carbons (Fsp3) is 0.632. The number of carbonyl (C=O) groups excluding carboxylic acids is 1. The molecule has 2 fully saturated rings. The van der Waals surface area contributed by atoms with Gasteiger partial charge in [-0.2, -0.15) is 0 Å². The molecule has 0 spiro atoms. The molecule has 0 aliphatic carbocycles. The van der Waals surface area contributed by atoms with E-state index < -0.39 is 0 Å². The van der Waals surface area contributed by atoms with E-state index >= 15 is 0 Å². The Kier molecular flexibility index (Phi) is 5.14. The Labute approximate surface area is 134 Å². The third kappa shape index (κ3) is 3.89. The van der Waals surface area contributed by atoms with Crippen LogP contribution in [0.5, 0.6) is 0 Å². The minimum atomic E-state index is 0.261. The maximum Gasteiger partial charge on any atom is 0.225 e. The number of benzene rings is 1. The Hall–Kier alpha value is -1.35. The van der Waals surface area contributed by atoms with Crippen molar-refractivity contribution in [2.45, 2.75) is 39.2 Å². The van der Waals surface area contributed by atoms with Gasteiger partial charge in [0.25, 0.3) is 0 Å². The second kappa shape index (κ2) is 7.28. The molecule has 2 heterocycles. The number of hydrogen-bond donors (Lipinski definition) is 0. The number of amides is 1. The van der Waals surface area contributed by atoms with Gasteiger partial charge in [0, 0.05) is 25.6 Å². The van der Waals surface area contributed by atoms with Gasteiger partial charge in [0.1, 0.15) is 0 Å². The van der Waals surface area contributed by atoms with Crippen LogP contribution in [0.15, 0.2) is 30.3 Å². The van der Waals surface area contributed by atoms with Crippen LogP contribution in [0.25, 0.3) is 0 Å². The van der Waals surface area contributed by atoms with Crippen molar-refractivity contribution in [1.29, 1.82) is 0 Å². The molecule has 1 amide bonds. The number of piperidine rings is 2. The third-order valence-electron chi connectivity index (χ3n) is 5.15. The van der Waals surface area contributed by atoms with Gasteiger partial charge in [0.05, 0.1) is 0 Å². The van der Waals surface area contributed by atoms with Gasteiger partial charge in [-0.1, -0.05) is 37.3 Å². The van der Waals surface area contributed by atoms with Crippen molar-refractivity contribution >= 4 is 5.91 Å². The Morgan fingerprint density at radius 1 is 1.09 bits per heavy atom. The van der Waals surface area contributed by atoms with Gasteiger partial charge in [-0.3, -0.25) is 9.69 Å². The van der Waals surface area contributed by atoms with E-state index in [2.05, 4.69) is 47.1 Å². The van der Waals surface area contributed by atoms with E-state index in [1.807, 2.05) is 0 Å². The first kappa shape index (κ1) is 15.5. The Balaban J connectivity index is 1.48. The maximum atomic E-state index is 12.7. The van der Waals surface area contributed by atoms with Crippen LogP contribution in [0.2, 0.25) is 0 Å². The lowest BCUT2D eigenvalue weighted by Crippen LogP contribution is -2.45. The van der Waals surface area contributed by atoms with Crippen molar-refractivity contribution in [2.75, 3.05) is 26.2 Å². The topological polar surface area (TPSA) is 23.6 Å². The molecule has 1 aromatic carbocycles. The lowest BCUT2D eigenvalue weighted by molar-refractivity contribution is -0.138. The molecule has 0 N–H and O–H groups in total. The fourth-order valence-corrected chi connectivity index (χ4v) is 3.83. The molecule has 0 saturated carbocycles. The van der Waals surface area contributed by atoms with Crippen LogP contribution in [-0.4, -0.2) is 41.9 Å². The molecule has 22 heavy (non-hydrogen) atoms. The number of carbonyl (C=O) groups is 1. The lowest BCUT2D eigenvalue weighted by atomic mass is 9.92. The fourth-order valence-electron chi connectivity index (χ4n) is 3.83. The SMILES string of the molecule is C[C@H]1CCCN(C(=O)C2CCN(Cc3ccccc3)CC2)C1. The van der Waals surface area contributed by atoms with Gasteiger partial charge in [-0.05, 0) is 50.3 Å². The van der Waals surface area contributed by atoms with E-state index in [0.717, 1.165) is 45.6 Å². The van der Waals surface area contributed by atoms with Crippen molar-refractivity contribution in [3.63, 3.8) is 0 Å². The minimum absolute atomic E-state index is 0.261.